The second-order valence-electron chi connectivity index (χ2n) is 4.17. The Morgan fingerprint density at radius 3 is 2.82 bits per heavy atom. The van der Waals surface area contributed by atoms with Crippen LogP contribution in [0, 0.1) is 6.92 Å². The van der Waals surface area contributed by atoms with E-state index in [9.17, 15) is 4.79 Å². The van der Waals surface area contributed by atoms with Crippen molar-refractivity contribution in [3.63, 3.8) is 0 Å². The molecule has 1 heterocycles. The molecule has 0 fully saturated rings. The van der Waals surface area contributed by atoms with Gasteiger partial charge in [0, 0.05) is 21.0 Å². The molecule has 0 aliphatic rings. The Morgan fingerprint density at radius 1 is 1.47 bits per heavy atom. The molecule has 2 rings (SSSR count). The lowest BCUT2D eigenvalue weighted by molar-refractivity contribution is -0.130. The number of aromatic nitrogens is 1. The fraction of sp³-hybridized carbons (Fsp3) is 0.333. The third-order valence-electron chi connectivity index (χ3n) is 2.58. The minimum Gasteiger partial charge on any atom is -0.441 e. The summed E-state index contributed by atoms with van der Waals surface area (Å²) < 4.78 is 5.36. The number of rotatable bonds is 2. The number of likely N-dealkylation sites (N-methyl/N-ethyl adjacent to an activating group) is 1. The van der Waals surface area contributed by atoms with Crippen molar-refractivity contribution in [3.8, 4) is 0 Å². The Bertz CT molecular complexity index is 560. The van der Waals surface area contributed by atoms with Crippen LogP contribution in [-0.4, -0.2) is 29.9 Å². The number of oxazole rings is 1. The summed E-state index contributed by atoms with van der Waals surface area (Å²) >= 11 is 0. The van der Waals surface area contributed by atoms with Gasteiger partial charge in [-0.15, -0.1) is 0 Å². The van der Waals surface area contributed by atoms with Gasteiger partial charge in [-0.05, 0) is 17.7 Å². The summed E-state index contributed by atoms with van der Waals surface area (Å²) in [6.45, 7) is 1.78. The van der Waals surface area contributed by atoms with Gasteiger partial charge in [0.15, 0.2) is 11.5 Å². The fourth-order valence-electron chi connectivity index (χ4n) is 1.67. The third kappa shape index (κ3) is 2.14. The Morgan fingerprint density at radius 2 is 2.18 bits per heavy atom. The second-order valence-corrected chi connectivity index (χ2v) is 4.17. The van der Waals surface area contributed by atoms with E-state index in [4.69, 9.17) is 10.2 Å². The van der Waals surface area contributed by atoms with Crippen molar-refractivity contribution in [3.05, 3.63) is 29.7 Å². The molecule has 5 nitrogen and oxygen atoms in total. The maximum absolute atomic E-state index is 11.7. The number of nitrogens with zero attached hydrogens (tertiary/aromatic N) is 2. The molecule has 0 bridgehead atoms. The van der Waals surface area contributed by atoms with Crippen molar-refractivity contribution in [2.75, 3.05) is 14.1 Å². The van der Waals surface area contributed by atoms with Crippen molar-refractivity contribution in [2.24, 2.45) is 5.73 Å². The van der Waals surface area contributed by atoms with E-state index in [1.807, 2.05) is 0 Å². The lowest BCUT2D eigenvalue weighted by Gasteiger charge is -2.16. The molecule has 5 heteroatoms. The topological polar surface area (TPSA) is 72.4 Å². The molecule has 2 N–H and O–H groups in total. The molecule has 0 radical (unpaired) electrons. The number of hydrogen-bond donors (Lipinski definition) is 1. The van der Waals surface area contributed by atoms with Crippen molar-refractivity contribution < 1.29 is 9.21 Å². The first-order valence-electron chi connectivity index (χ1n) is 5.33. The molecule has 0 saturated carbocycles. The van der Waals surface area contributed by atoms with Crippen molar-refractivity contribution in [1.82, 2.24) is 9.88 Å². The summed E-state index contributed by atoms with van der Waals surface area (Å²) in [5, 5.41) is 0. The van der Waals surface area contributed by atoms with Gasteiger partial charge in [0.2, 0.25) is 5.91 Å². The van der Waals surface area contributed by atoms with Gasteiger partial charge in [0.1, 0.15) is 11.6 Å². The average Bonchev–Trinajstić information content (AvgIpc) is 2.65. The summed E-state index contributed by atoms with van der Waals surface area (Å²) in [5.74, 6) is 0.467. The molecule has 0 spiro atoms. The van der Waals surface area contributed by atoms with Crippen LogP contribution in [0.5, 0.6) is 0 Å². The van der Waals surface area contributed by atoms with Crippen LogP contribution in [0.1, 0.15) is 17.5 Å². The van der Waals surface area contributed by atoms with E-state index in [-0.39, 0.29) is 5.91 Å². The highest BCUT2D eigenvalue weighted by Crippen LogP contribution is 2.20. The average molecular weight is 233 g/mol. The van der Waals surface area contributed by atoms with Crippen LogP contribution >= 0.6 is 0 Å². The summed E-state index contributed by atoms with van der Waals surface area (Å²) in [7, 11) is 3.36. The first kappa shape index (κ1) is 11.6. The van der Waals surface area contributed by atoms with Crippen LogP contribution in [0.2, 0.25) is 0 Å². The smallest absolute Gasteiger partial charge is 0.243 e. The van der Waals surface area contributed by atoms with Gasteiger partial charge in [-0.2, -0.15) is 0 Å². The van der Waals surface area contributed by atoms with Gasteiger partial charge in [-0.3, -0.25) is 4.79 Å². The predicted octanol–water partition coefficient (Wildman–Crippen LogP) is 1.22. The normalized spacial score (nSPS) is 12.7. The standard InChI is InChI=1S/C12H15N3O2/c1-7-14-9-6-8(4-5-10(9)17-7)11(13)12(16)15(2)3/h4-6,11H,13H2,1-3H3. The van der Waals surface area contributed by atoms with Crippen molar-refractivity contribution in [2.45, 2.75) is 13.0 Å². The third-order valence-corrected chi connectivity index (χ3v) is 2.58. The van der Waals surface area contributed by atoms with Gasteiger partial charge in [0.25, 0.3) is 0 Å². The number of aryl methyl sites for hydroxylation is 1. The Labute approximate surface area is 99.2 Å². The molecular weight excluding hydrogens is 218 g/mol. The number of amides is 1. The maximum Gasteiger partial charge on any atom is 0.243 e. The Balaban J connectivity index is 2.38. The lowest BCUT2D eigenvalue weighted by atomic mass is 10.1. The zero-order valence-electron chi connectivity index (χ0n) is 10.1. The molecule has 17 heavy (non-hydrogen) atoms. The highest BCUT2D eigenvalue weighted by molar-refractivity contribution is 5.84. The monoisotopic (exact) mass is 233 g/mol. The molecule has 1 aromatic carbocycles. The van der Waals surface area contributed by atoms with Crippen LogP contribution in [-0.2, 0) is 4.79 Å². The minimum absolute atomic E-state index is 0.135. The quantitative estimate of drug-likeness (QED) is 0.846. The van der Waals surface area contributed by atoms with Crippen LogP contribution in [0.15, 0.2) is 22.6 Å². The zero-order valence-corrected chi connectivity index (χ0v) is 10.1. The van der Waals surface area contributed by atoms with Crippen LogP contribution < -0.4 is 5.73 Å². The molecular formula is C12H15N3O2. The zero-order chi connectivity index (χ0) is 12.6. The number of carbonyl (C=O) groups is 1. The molecule has 0 aliphatic carbocycles. The number of fused-ring (bicyclic) bond motifs is 1. The summed E-state index contributed by atoms with van der Waals surface area (Å²) in [4.78, 5) is 17.4. The molecule has 1 aromatic heterocycles. The minimum atomic E-state index is -0.661. The molecule has 0 aliphatic heterocycles. The number of nitrogens with two attached hydrogens (primary N) is 1. The second kappa shape index (κ2) is 4.18. The van der Waals surface area contributed by atoms with Gasteiger partial charge in [0.05, 0.1) is 0 Å². The predicted molar refractivity (Wildman–Crippen MR) is 64.4 cm³/mol. The molecule has 1 unspecified atom stereocenters. The summed E-state index contributed by atoms with van der Waals surface area (Å²) in [6.07, 6.45) is 0. The van der Waals surface area contributed by atoms with E-state index in [2.05, 4.69) is 4.98 Å². The Kier molecular flexibility index (Phi) is 2.85. The first-order valence-corrected chi connectivity index (χ1v) is 5.33. The van der Waals surface area contributed by atoms with Gasteiger partial charge in [-0.1, -0.05) is 6.07 Å². The molecule has 1 amide bonds. The fourth-order valence-corrected chi connectivity index (χ4v) is 1.67. The molecule has 2 aromatic rings. The van der Waals surface area contributed by atoms with Gasteiger partial charge >= 0.3 is 0 Å². The molecule has 90 valence electrons. The van der Waals surface area contributed by atoms with E-state index in [0.29, 0.717) is 11.5 Å². The lowest BCUT2D eigenvalue weighted by Crippen LogP contribution is -2.33. The van der Waals surface area contributed by atoms with Crippen LogP contribution in [0.25, 0.3) is 11.1 Å². The summed E-state index contributed by atoms with van der Waals surface area (Å²) in [5.41, 5.74) is 8.06. The number of benzene rings is 1. The van der Waals surface area contributed by atoms with Crippen LogP contribution in [0.3, 0.4) is 0 Å². The van der Waals surface area contributed by atoms with Gasteiger partial charge in [-0.25, -0.2) is 4.98 Å². The van der Waals surface area contributed by atoms with E-state index >= 15 is 0 Å². The first-order chi connectivity index (χ1) is 7.99. The van der Waals surface area contributed by atoms with E-state index < -0.39 is 6.04 Å². The van der Waals surface area contributed by atoms with E-state index in [0.717, 1.165) is 11.1 Å². The van der Waals surface area contributed by atoms with Crippen molar-refractivity contribution >= 4 is 17.0 Å². The van der Waals surface area contributed by atoms with Crippen LogP contribution in [0.4, 0.5) is 0 Å². The number of hydrogen-bond acceptors (Lipinski definition) is 4. The number of carbonyl (C=O) groups excluding carboxylic acids is 1. The highest BCUT2D eigenvalue weighted by Gasteiger charge is 2.18. The highest BCUT2D eigenvalue weighted by atomic mass is 16.3. The van der Waals surface area contributed by atoms with Crippen molar-refractivity contribution in [1.29, 1.82) is 0 Å². The van der Waals surface area contributed by atoms with Gasteiger partial charge < -0.3 is 15.1 Å². The van der Waals surface area contributed by atoms with E-state index in [1.54, 1.807) is 39.2 Å². The summed E-state index contributed by atoms with van der Waals surface area (Å²) in [6, 6.07) is 4.70. The largest absolute Gasteiger partial charge is 0.441 e. The Hall–Kier alpha value is -1.88. The SMILES string of the molecule is Cc1nc2cc(C(N)C(=O)N(C)C)ccc2o1. The van der Waals surface area contributed by atoms with E-state index in [1.165, 1.54) is 4.90 Å². The maximum atomic E-state index is 11.7. The molecule has 0 saturated heterocycles. The molecule has 1 atom stereocenters.